The van der Waals surface area contributed by atoms with Crippen LogP contribution in [-0.4, -0.2) is 18.1 Å². The standard InChI is InChI=1S/C12H17NO2/c1-9(13-11(3)14)10(2)15-12-7-5-4-6-8-12/h4-10H,1-3H3,(H,13,14)/t9-,10-/m1/s1. The van der Waals surface area contributed by atoms with Crippen molar-refractivity contribution in [2.24, 2.45) is 0 Å². The topological polar surface area (TPSA) is 38.3 Å². The van der Waals surface area contributed by atoms with Crippen LogP contribution in [0.15, 0.2) is 30.3 Å². The molecule has 1 amide bonds. The molecule has 0 unspecified atom stereocenters. The Hall–Kier alpha value is -1.51. The van der Waals surface area contributed by atoms with Crippen molar-refractivity contribution in [1.29, 1.82) is 0 Å². The van der Waals surface area contributed by atoms with Crippen LogP contribution < -0.4 is 10.1 Å². The molecule has 0 aromatic heterocycles. The number of hydrogen-bond acceptors (Lipinski definition) is 2. The third-order valence-corrected chi connectivity index (χ3v) is 2.20. The van der Waals surface area contributed by atoms with Crippen LogP contribution in [0.25, 0.3) is 0 Å². The van der Waals surface area contributed by atoms with Gasteiger partial charge in [0.2, 0.25) is 5.91 Å². The summed E-state index contributed by atoms with van der Waals surface area (Å²) in [6.07, 6.45) is -0.0451. The van der Waals surface area contributed by atoms with Gasteiger partial charge >= 0.3 is 0 Å². The molecule has 0 heterocycles. The molecule has 82 valence electrons. The molecule has 15 heavy (non-hydrogen) atoms. The van der Waals surface area contributed by atoms with E-state index in [4.69, 9.17) is 4.74 Å². The molecule has 1 N–H and O–H groups in total. The molecule has 0 fully saturated rings. The second kappa shape index (κ2) is 5.39. The van der Waals surface area contributed by atoms with Gasteiger partial charge in [-0.2, -0.15) is 0 Å². The number of carbonyl (C=O) groups excluding carboxylic acids is 1. The Balaban J connectivity index is 2.48. The lowest BCUT2D eigenvalue weighted by molar-refractivity contribution is -0.120. The average molecular weight is 207 g/mol. The maximum absolute atomic E-state index is 10.8. The molecule has 0 saturated carbocycles. The van der Waals surface area contributed by atoms with Crippen molar-refractivity contribution in [3.05, 3.63) is 30.3 Å². The van der Waals surface area contributed by atoms with E-state index in [1.807, 2.05) is 44.2 Å². The largest absolute Gasteiger partial charge is 0.489 e. The molecular formula is C12H17NO2. The maximum atomic E-state index is 10.8. The van der Waals surface area contributed by atoms with Crippen LogP contribution in [0.2, 0.25) is 0 Å². The maximum Gasteiger partial charge on any atom is 0.217 e. The Morgan fingerprint density at radius 3 is 2.40 bits per heavy atom. The van der Waals surface area contributed by atoms with E-state index >= 15 is 0 Å². The molecule has 0 aliphatic carbocycles. The molecule has 1 aromatic carbocycles. The fourth-order valence-corrected chi connectivity index (χ4v) is 1.25. The SMILES string of the molecule is CC(=O)N[C@H](C)[C@@H](C)Oc1ccccc1. The molecule has 0 radical (unpaired) electrons. The number of hydrogen-bond donors (Lipinski definition) is 1. The molecule has 1 aromatic rings. The van der Waals surface area contributed by atoms with E-state index in [0.717, 1.165) is 5.75 Å². The Morgan fingerprint density at radius 2 is 1.87 bits per heavy atom. The van der Waals surface area contributed by atoms with E-state index in [0.29, 0.717) is 0 Å². The monoisotopic (exact) mass is 207 g/mol. The van der Waals surface area contributed by atoms with Crippen molar-refractivity contribution in [2.45, 2.75) is 32.9 Å². The first kappa shape index (κ1) is 11.6. The van der Waals surface area contributed by atoms with Crippen LogP contribution in [0, 0.1) is 0 Å². The fourth-order valence-electron chi connectivity index (χ4n) is 1.25. The van der Waals surface area contributed by atoms with Gasteiger partial charge in [0.1, 0.15) is 11.9 Å². The van der Waals surface area contributed by atoms with Gasteiger partial charge in [0.25, 0.3) is 0 Å². The first-order valence-corrected chi connectivity index (χ1v) is 5.08. The normalized spacial score (nSPS) is 14.1. The van der Waals surface area contributed by atoms with E-state index < -0.39 is 0 Å². The fraction of sp³-hybridized carbons (Fsp3) is 0.417. The highest BCUT2D eigenvalue weighted by molar-refractivity contribution is 5.73. The van der Waals surface area contributed by atoms with Gasteiger partial charge in [-0.1, -0.05) is 18.2 Å². The van der Waals surface area contributed by atoms with Crippen molar-refractivity contribution in [2.75, 3.05) is 0 Å². The van der Waals surface area contributed by atoms with Crippen LogP contribution in [0.4, 0.5) is 0 Å². The number of rotatable bonds is 4. The van der Waals surface area contributed by atoms with E-state index in [2.05, 4.69) is 5.32 Å². The quantitative estimate of drug-likeness (QED) is 0.819. The highest BCUT2D eigenvalue weighted by atomic mass is 16.5. The zero-order chi connectivity index (χ0) is 11.3. The van der Waals surface area contributed by atoms with E-state index in [1.165, 1.54) is 6.92 Å². The molecule has 3 heteroatoms. The third-order valence-electron chi connectivity index (χ3n) is 2.20. The summed E-state index contributed by atoms with van der Waals surface area (Å²) >= 11 is 0. The second-order valence-electron chi connectivity index (χ2n) is 3.63. The predicted molar refractivity (Wildman–Crippen MR) is 59.8 cm³/mol. The Kier molecular flexibility index (Phi) is 4.16. The van der Waals surface area contributed by atoms with Crippen molar-refractivity contribution in [3.8, 4) is 5.75 Å². The smallest absolute Gasteiger partial charge is 0.217 e. The van der Waals surface area contributed by atoms with Crippen molar-refractivity contribution < 1.29 is 9.53 Å². The first-order valence-electron chi connectivity index (χ1n) is 5.08. The molecule has 2 atom stereocenters. The van der Waals surface area contributed by atoms with Gasteiger partial charge in [0.05, 0.1) is 6.04 Å². The summed E-state index contributed by atoms with van der Waals surface area (Å²) in [5, 5.41) is 2.80. The lowest BCUT2D eigenvalue weighted by atomic mass is 10.2. The van der Waals surface area contributed by atoms with Gasteiger partial charge in [0.15, 0.2) is 0 Å². The summed E-state index contributed by atoms with van der Waals surface area (Å²) in [7, 11) is 0. The third kappa shape index (κ3) is 4.02. The molecule has 1 rings (SSSR count). The zero-order valence-electron chi connectivity index (χ0n) is 9.36. The summed E-state index contributed by atoms with van der Waals surface area (Å²) in [6.45, 7) is 5.37. The summed E-state index contributed by atoms with van der Waals surface area (Å²) < 4.78 is 5.66. The molecule has 0 bridgehead atoms. The number of para-hydroxylation sites is 1. The van der Waals surface area contributed by atoms with Crippen LogP contribution in [0.5, 0.6) is 5.75 Å². The second-order valence-corrected chi connectivity index (χ2v) is 3.63. The number of amides is 1. The molecule has 0 aliphatic heterocycles. The van der Waals surface area contributed by atoms with Gasteiger partial charge in [-0.25, -0.2) is 0 Å². The van der Waals surface area contributed by atoms with Crippen LogP contribution in [0.1, 0.15) is 20.8 Å². The lowest BCUT2D eigenvalue weighted by Gasteiger charge is -2.21. The Bertz CT molecular complexity index is 311. The van der Waals surface area contributed by atoms with Gasteiger partial charge in [-0.15, -0.1) is 0 Å². The summed E-state index contributed by atoms with van der Waals surface area (Å²) in [5.41, 5.74) is 0. The Morgan fingerprint density at radius 1 is 1.27 bits per heavy atom. The lowest BCUT2D eigenvalue weighted by Crippen LogP contribution is -2.41. The molecule has 0 aliphatic rings. The van der Waals surface area contributed by atoms with Crippen molar-refractivity contribution in [1.82, 2.24) is 5.32 Å². The van der Waals surface area contributed by atoms with Gasteiger partial charge in [-0.05, 0) is 26.0 Å². The van der Waals surface area contributed by atoms with Crippen LogP contribution in [0.3, 0.4) is 0 Å². The average Bonchev–Trinajstić information content (AvgIpc) is 2.18. The number of ether oxygens (including phenoxy) is 1. The summed E-state index contributed by atoms with van der Waals surface area (Å²) in [5.74, 6) is 0.785. The number of nitrogens with one attached hydrogen (secondary N) is 1. The van der Waals surface area contributed by atoms with Crippen molar-refractivity contribution >= 4 is 5.91 Å². The minimum atomic E-state index is -0.0451. The molecule has 3 nitrogen and oxygen atoms in total. The minimum Gasteiger partial charge on any atom is -0.489 e. The molecule has 0 saturated heterocycles. The van der Waals surface area contributed by atoms with E-state index in [9.17, 15) is 4.79 Å². The molecular weight excluding hydrogens is 190 g/mol. The highest BCUT2D eigenvalue weighted by Crippen LogP contribution is 2.12. The van der Waals surface area contributed by atoms with Gasteiger partial charge in [-0.3, -0.25) is 4.79 Å². The first-order chi connectivity index (χ1) is 7.09. The summed E-state index contributed by atoms with van der Waals surface area (Å²) in [4.78, 5) is 10.8. The van der Waals surface area contributed by atoms with E-state index in [-0.39, 0.29) is 18.1 Å². The number of carbonyl (C=O) groups is 1. The van der Waals surface area contributed by atoms with Crippen molar-refractivity contribution in [3.63, 3.8) is 0 Å². The molecule has 0 spiro atoms. The summed E-state index contributed by atoms with van der Waals surface area (Å²) in [6, 6.07) is 9.58. The van der Waals surface area contributed by atoms with Crippen LogP contribution in [-0.2, 0) is 4.79 Å². The Labute approximate surface area is 90.4 Å². The van der Waals surface area contributed by atoms with Gasteiger partial charge < -0.3 is 10.1 Å². The highest BCUT2D eigenvalue weighted by Gasteiger charge is 2.14. The number of benzene rings is 1. The predicted octanol–water partition coefficient (Wildman–Crippen LogP) is 1.98. The van der Waals surface area contributed by atoms with Crippen LogP contribution >= 0.6 is 0 Å². The van der Waals surface area contributed by atoms with E-state index in [1.54, 1.807) is 0 Å². The minimum absolute atomic E-state index is 0.00251. The zero-order valence-corrected chi connectivity index (χ0v) is 9.36. The van der Waals surface area contributed by atoms with Gasteiger partial charge in [0, 0.05) is 6.92 Å².